The number of pyridine rings is 1. The van der Waals surface area contributed by atoms with Crippen molar-refractivity contribution in [2.75, 3.05) is 5.32 Å². The molecule has 0 unspecified atom stereocenters. The standard InChI is InChI=1S/C19H18N6O2/c26-18(22-14-8-9-14)10-13-4-6-15(7-5-13)23-19(27)16-2-1-3-17(24-16)25-11-20-21-12-25/h1-7,11-12,14H,8-10H2,(H,22,26)(H,23,27). The van der Waals surface area contributed by atoms with Gasteiger partial charge in [-0.05, 0) is 42.7 Å². The first-order valence-electron chi connectivity index (χ1n) is 8.69. The SMILES string of the molecule is O=C(Cc1ccc(NC(=O)c2cccc(-n3cnnc3)n2)cc1)NC1CC1. The van der Waals surface area contributed by atoms with Crippen molar-refractivity contribution in [3.05, 3.63) is 66.4 Å². The molecule has 1 aliphatic rings. The average molecular weight is 362 g/mol. The molecule has 2 amide bonds. The molecule has 136 valence electrons. The first-order valence-corrected chi connectivity index (χ1v) is 8.69. The van der Waals surface area contributed by atoms with Gasteiger partial charge in [0.1, 0.15) is 24.2 Å². The number of rotatable bonds is 6. The number of hydrogen-bond acceptors (Lipinski definition) is 5. The summed E-state index contributed by atoms with van der Waals surface area (Å²) >= 11 is 0. The predicted molar refractivity (Wildman–Crippen MR) is 98.4 cm³/mol. The van der Waals surface area contributed by atoms with E-state index in [-0.39, 0.29) is 17.5 Å². The Morgan fingerprint density at radius 1 is 1.04 bits per heavy atom. The molecule has 4 rings (SSSR count). The first-order chi connectivity index (χ1) is 13.2. The molecule has 0 spiro atoms. The zero-order valence-electron chi connectivity index (χ0n) is 14.5. The summed E-state index contributed by atoms with van der Waals surface area (Å²) in [6.07, 6.45) is 5.52. The molecule has 0 saturated heterocycles. The van der Waals surface area contributed by atoms with E-state index in [1.807, 2.05) is 12.1 Å². The molecule has 2 N–H and O–H groups in total. The number of anilines is 1. The number of carbonyl (C=O) groups excluding carboxylic acids is 2. The molecular weight excluding hydrogens is 344 g/mol. The number of hydrogen-bond donors (Lipinski definition) is 2. The summed E-state index contributed by atoms with van der Waals surface area (Å²) in [5.74, 6) is 0.276. The van der Waals surface area contributed by atoms with Crippen molar-refractivity contribution in [2.24, 2.45) is 0 Å². The van der Waals surface area contributed by atoms with Crippen molar-refractivity contribution >= 4 is 17.5 Å². The second-order valence-electron chi connectivity index (χ2n) is 6.42. The van der Waals surface area contributed by atoms with Gasteiger partial charge in [-0.2, -0.15) is 0 Å². The molecule has 2 heterocycles. The number of aromatic nitrogens is 4. The summed E-state index contributed by atoms with van der Waals surface area (Å²) in [6, 6.07) is 12.7. The minimum absolute atomic E-state index is 0.0318. The van der Waals surface area contributed by atoms with Crippen LogP contribution in [0.5, 0.6) is 0 Å². The molecule has 2 aromatic heterocycles. The van der Waals surface area contributed by atoms with Crippen LogP contribution in [0, 0.1) is 0 Å². The van der Waals surface area contributed by atoms with E-state index in [2.05, 4.69) is 25.8 Å². The Kier molecular flexibility index (Phi) is 4.61. The van der Waals surface area contributed by atoms with Gasteiger partial charge in [-0.1, -0.05) is 18.2 Å². The van der Waals surface area contributed by atoms with Gasteiger partial charge in [0.15, 0.2) is 0 Å². The number of carbonyl (C=O) groups is 2. The van der Waals surface area contributed by atoms with Gasteiger partial charge in [0.2, 0.25) is 5.91 Å². The summed E-state index contributed by atoms with van der Waals surface area (Å²) < 4.78 is 1.62. The van der Waals surface area contributed by atoms with E-state index < -0.39 is 0 Å². The van der Waals surface area contributed by atoms with Crippen LogP contribution in [0.4, 0.5) is 5.69 Å². The molecule has 1 aliphatic carbocycles. The molecule has 1 aromatic carbocycles. The van der Waals surface area contributed by atoms with Gasteiger partial charge in [-0.3, -0.25) is 14.2 Å². The van der Waals surface area contributed by atoms with Gasteiger partial charge in [-0.15, -0.1) is 10.2 Å². The molecule has 1 saturated carbocycles. The highest BCUT2D eigenvalue weighted by atomic mass is 16.2. The summed E-state index contributed by atoms with van der Waals surface area (Å²) in [5.41, 5.74) is 1.83. The van der Waals surface area contributed by atoms with Crippen LogP contribution in [0.25, 0.3) is 5.82 Å². The second kappa shape index (κ2) is 7.36. The molecule has 0 bridgehead atoms. The normalized spacial score (nSPS) is 13.2. The monoisotopic (exact) mass is 362 g/mol. The average Bonchev–Trinajstić information content (AvgIpc) is 3.31. The summed E-state index contributed by atoms with van der Waals surface area (Å²) in [5, 5.41) is 13.2. The third-order valence-corrected chi connectivity index (χ3v) is 4.17. The molecule has 0 atom stereocenters. The topological polar surface area (TPSA) is 102 Å². The quantitative estimate of drug-likeness (QED) is 0.695. The third kappa shape index (κ3) is 4.35. The second-order valence-corrected chi connectivity index (χ2v) is 6.42. The Bertz CT molecular complexity index is 949. The van der Waals surface area contributed by atoms with Gasteiger partial charge in [0.05, 0.1) is 6.42 Å². The van der Waals surface area contributed by atoms with E-state index in [0.29, 0.717) is 24.0 Å². The van der Waals surface area contributed by atoms with Gasteiger partial charge in [0.25, 0.3) is 5.91 Å². The minimum Gasteiger partial charge on any atom is -0.353 e. The van der Waals surface area contributed by atoms with Crippen molar-refractivity contribution in [1.29, 1.82) is 0 Å². The van der Waals surface area contributed by atoms with Crippen molar-refractivity contribution < 1.29 is 9.59 Å². The van der Waals surface area contributed by atoms with Crippen LogP contribution in [0.3, 0.4) is 0 Å². The fraction of sp³-hybridized carbons (Fsp3) is 0.211. The zero-order chi connectivity index (χ0) is 18.6. The number of amides is 2. The molecule has 8 nitrogen and oxygen atoms in total. The van der Waals surface area contributed by atoms with E-state index in [4.69, 9.17) is 0 Å². The van der Waals surface area contributed by atoms with Crippen LogP contribution in [-0.2, 0) is 11.2 Å². The van der Waals surface area contributed by atoms with Gasteiger partial charge in [-0.25, -0.2) is 4.98 Å². The van der Waals surface area contributed by atoms with Crippen molar-refractivity contribution in [3.8, 4) is 5.82 Å². The Morgan fingerprint density at radius 3 is 2.48 bits per heavy atom. The fourth-order valence-corrected chi connectivity index (χ4v) is 2.61. The van der Waals surface area contributed by atoms with Crippen LogP contribution >= 0.6 is 0 Å². The molecule has 0 aliphatic heterocycles. The largest absolute Gasteiger partial charge is 0.353 e. The van der Waals surface area contributed by atoms with Gasteiger partial charge < -0.3 is 10.6 Å². The lowest BCUT2D eigenvalue weighted by atomic mass is 10.1. The van der Waals surface area contributed by atoms with Crippen LogP contribution in [0.15, 0.2) is 55.1 Å². The first kappa shape index (κ1) is 16.9. The van der Waals surface area contributed by atoms with Crippen molar-refractivity contribution in [2.45, 2.75) is 25.3 Å². The highest BCUT2D eigenvalue weighted by Crippen LogP contribution is 2.19. The van der Waals surface area contributed by atoms with E-state index in [9.17, 15) is 9.59 Å². The Hall–Kier alpha value is -3.55. The number of nitrogens with one attached hydrogen (secondary N) is 2. The molecule has 27 heavy (non-hydrogen) atoms. The molecule has 8 heteroatoms. The summed E-state index contributed by atoms with van der Waals surface area (Å²) in [7, 11) is 0. The molecule has 3 aromatic rings. The van der Waals surface area contributed by atoms with Crippen LogP contribution in [0.2, 0.25) is 0 Å². The highest BCUT2D eigenvalue weighted by Gasteiger charge is 2.23. The van der Waals surface area contributed by atoms with E-state index in [1.54, 1.807) is 34.9 Å². The van der Waals surface area contributed by atoms with Crippen molar-refractivity contribution in [3.63, 3.8) is 0 Å². The Morgan fingerprint density at radius 2 is 1.78 bits per heavy atom. The van der Waals surface area contributed by atoms with Crippen molar-refractivity contribution in [1.82, 2.24) is 25.1 Å². The third-order valence-electron chi connectivity index (χ3n) is 4.17. The van der Waals surface area contributed by atoms with E-state index in [0.717, 1.165) is 18.4 Å². The maximum absolute atomic E-state index is 12.4. The van der Waals surface area contributed by atoms with Gasteiger partial charge >= 0.3 is 0 Å². The Labute approximate surface area is 155 Å². The van der Waals surface area contributed by atoms with E-state index in [1.165, 1.54) is 12.7 Å². The summed E-state index contributed by atoms with van der Waals surface area (Å²) in [4.78, 5) is 28.6. The lowest BCUT2D eigenvalue weighted by Gasteiger charge is -2.08. The van der Waals surface area contributed by atoms with Crippen LogP contribution in [0.1, 0.15) is 28.9 Å². The Balaban J connectivity index is 1.39. The smallest absolute Gasteiger partial charge is 0.274 e. The molecule has 0 radical (unpaired) electrons. The lowest BCUT2D eigenvalue weighted by Crippen LogP contribution is -2.26. The van der Waals surface area contributed by atoms with E-state index >= 15 is 0 Å². The number of nitrogens with zero attached hydrogens (tertiary/aromatic N) is 4. The maximum atomic E-state index is 12.4. The zero-order valence-corrected chi connectivity index (χ0v) is 14.5. The number of benzene rings is 1. The summed E-state index contributed by atoms with van der Waals surface area (Å²) in [6.45, 7) is 0. The molecule has 1 fully saturated rings. The minimum atomic E-state index is -0.316. The van der Waals surface area contributed by atoms with Crippen LogP contribution < -0.4 is 10.6 Å². The van der Waals surface area contributed by atoms with Crippen LogP contribution in [-0.4, -0.2) is 37.6 Å². The predicted octanol–water partition coefficient (Wildman–Crippen LogP) is 1.74. The molecular formula is C19H18N6O2. The van der Waals surface area contributed by atoms with Gasteiger partial charge in [0, 0.05) is 11.7 Å². The highest BCUT2D eigenvalue weighted by molar-refractivity contribution is 6.03. The maximum Gasteiger partial charge on any atom is 0.274 e. The fourth-order valence-electron chi connectivity index (χ4n) is 2.61. The lowest BCUT2D eigenvalue weighted by molar-refractivity contribution is -0.120.